The Kier molecular flexibility index (Phi) is 5.52. The minimum atomic E-state index is -4.64. The number of nitrogens with one attached hydrogen (secondary N) is 1. The van der Waals surface area contributed by atoms with Crippen LogP contribution in [0.5, 0.6) is 5.75 Å². The maximum absolute atomic E-state index is 12.8. The Morgan fingerprint density at radius 3 is 2.50 bits per heavy atom. The third kappa shape index (κ3) is 4.75. The minimum Gasteiger partial charge on any atom is -0.496 e. The molecule has 0 aliphatic heterocycles. The van der Waals surface area contributed by atoms with Crippen LogP contribution in [-0.4, -0.2) is 27.2 Å². The van der Waals surface area contributed by atoms with E-state index in [9.17, 15) is 21.6 Å². The summed E-state index contributed by atoms with van der Waals surface area (Å²) in [5.41, 5.74) is -1.22. The molecule has 0 unspecified atom stereocenters. The Hall–Kier alpha value is -1.15. The van der Waals surface area contributed by atoms with E-state index in [1.807, 2.05) is 0 Å². The molecule has 1 rings (SSSR count). The molecule has 0 fully saturated rings. The van der Waals surface area contributed by atoms with Crippen LogP contribution in [0.2, 0.25) is 0 Å². The Morgan fingerprint density at radius 1 is 1.35 bits per heavy atom. The molecule has 1 N–H and O–H groups in total. The lowest BCUT2D eigenvalue weighted by molar-refractivity contribution is -0.138. The number of rotatable bonds is 6. The normalized spacial score (nSPS) is 12.2. The Morgan fingerprint density at radius 2 is 2.00 bits per heavy atom. The molecule has 20 heavy (non-hydrogen) atoms. The first-order valence-electron chi connectivity index (χ1n) is 5.51. The number of hydrogen-bond acceptors (Lipinski definition) is 3. The molecule has 0 amide bonds. The van der Waals surface area contributed by atoms with Crippen LogP contribution in [0.15, 0.2) is 18.2 Å². The molecule has 0 aliphatic rings. The lowest BCUT2D eigenvalue weighted by Gasteiger charge is -2.14. The zero-order valence-electron chi connectivity index (χ0n) is 10.5. The number of anilines is 1. The van der Waals surface area contributed by atoms with Gasteiger partial charge in [0.05, 0.1) is 18.4 Å². The molecule has 0 saturated heterocycles. The number of hydrogen-bond donors (Lipinski definition) is 1. The van der Waals surface area contributed by atoms with Crippen LogP contribution in [0.3, 0.4) is 0 Å². The van der Waals surface area contributed by atoms with Crippen LogP contribution < -0.4 is 9.46 Å². The van der Waals surface area contributed by atoms with Crippen molar-refractivity contribution in [1.29, 1.82) is 0 Å². The van der Waals surface area contributed by atoms with Crippen molar-refractivity contribution in [1.82, 2.24) is 0 Å². The highest BCUT2D eigenvalue weighted by Crippen LogP contribution is 2.37. The van der Waals surface area contributed by atoms with E-state index in [4.69, 9.17) is 11.6 Å². The van der Waals surface area contributed by atoms with Gasteiger partial charge >= 0.3 is 6.18 Å². The molecule has 1 aromatic carbocycles. The van der Waals surface area contributed by atoms with E-state index in [1.54, 1.807) is 0 Å². The largest absolute Gasteiger partial charge is 0.496 e. The van der Waals surface area contributed by atoms with Crippen LogP contribution >= 0.6 is 11.6 Å². The van der Waals surface area contributed by atoms with Crippen molar-refractivity contribution < 1.29 is 26.3 Å². The average molecular weight is 332 g/mol. The first-order chi connectivity index (χ1) is 9.19. The SMILES string of the molecule is COc1ccc(NS(=O)(=O)CCCCl)cc1C(F)(F)F. The highest BCUT2D eigenvalue weighted by molar-refractivity contribution is 7.92. The van der Waals surface area contributed by atoms with Gasteiger partial charge in [0.15, 0.2) is 0 Å². The highest BCUT2D eigenvalue weighted by atomic mass is 35.5. The summed E-state index contributed by atoms with van der Waals surface area (Å²) in [4.78, 5) is 0. The number of methoxy groups -OCH3 is 1. The second kappa shape index (κ2) is 6.53. The smallest absolute Gasteiger partial charge is 0.420 e. The summed E-state index contributed by atoms with van der Waals surface area (Å²) in [6, 6.07) is 2.95. The molecular formula is C11H13ClF3NO3S. The fourth-order valence-corrected chi connectivity index (χ4v) is 2.87. The molecule has 0 saturated carbocycles. The summed E-state index contributed by atoms with van der Waals surface area (Å²) < 4.78 is 68.2. The molecule has 9 heteroatoms. The van der Waals surface area contributed by atoms with Crippen molar-refractivity contribution >= 4 is 27.3 Å². The average Bonchev–Trinajstić information content (AvgIpc) is 2.35. The van der Waals surface area contributed by atoms with Gasteiger partial charge in [0, 0.05) is 11.6 Å². The van der Waals surface area contributed by atoms with Gasteiger partial charge in [-0.25, -0.2) is 8.42 Å². The summed E-state index contributed by atoms with van der Waals surface area (Å²) in [5, 5.41) is 0. The van der Waals surface area contributed by atoms with Gasteiger partial charge in [0.2, 0.25) is 10.0 Å². The van der Waals surface area contributed by atoms with Gasteiger partial charge in [-0.1, -0.05) is 0 Å². The molecule has 1 aromatic rings. The number of alkyl halides is 4. The molecule has 114 valence electrons. The molecular weight excluding hydrogens is 319 g/mol. The van der Waals surface area contributed by atoms with Crippen LogP contribution in [0, 0.1) is 0 Å². The zero-order chi connectivity index (χ0) is 15.4. The number of ether oxygens (including phenoxy) is 1. The second-order valence-corrected chi connectivity index (χ2v) is 6.10. The lowest BCUT2D eigenvalue weighted by atomic mass is 10.1. The highest BCUT2D eigenvalue weighted by Gasteiger charge is 2.34. The van der Waals surface area contributed by atoms with Crippen molar-refractivity contribution in [2.45, 2.75) is 12.6 Å². The van der Waals surface area contributed by atoms with Gasteiger partial charge in [-0.3, -0.25) is 4.72 Å². The first-order valence-corrected chi connectivity index (χ1v) is 7.70. The lowest BCUT2D eigenvalue weighted by Crippen LogP contribution is -2.17. The fraction of sp³-hybridized carbons (Fsp3) is 0.455. The quantitative estimate of drug-likeness (QED) is 0.815. The van der Waals surface area contributed by atoms with Gasteiger partial charge in [0.25, 0.3) is 0 Å². The second-order valence-electron chi connectivity index (χ2n) is 3.88. The molecule has 0 bridgehead atoms. The van der Waals surface area contributed by atoms with E-state index in [1.165, 1.54) is 6.07 Å². The topological polar surface area (TPSA) is 55.4 Å². The van der Waals surface area contributed by atoms with E-state index in [0.29, 0.717) is 6.07 Å². The monoisotopic (exact) mass is 331 g/mol. The molecule has 0 spiro atoms. The van der Waals surface area contributed by atoms with E-state index in [-0.39, 0.29) is 29.5 Å². The fourth-order valence-electron chi connectivity index (χ4n) is 1.47. The van der Waals surface area contributed by atoms with Gasteiger partial charge in [-0.15, -0.1) is 11.6 Å². The zero-order valence-corrected chi connectivity index (χ0v) is 12.1. The van der Waals surface area contributed by atoms with Gasteiger partial charge in [-0.2, -0.15) is 13.2 Å². The van der Waals surface area contributed by atoms with E-state index in [0.717, 1.165) is 13.2 Å². The minimum absolute atomic E-state index is 0.150. The van der Waals surface area contributed by atoms with Crippen molar-refractivity contribution in [3.63, 3.8) is 0 Å². The van der Waals surface area contributed by atoms with Crippen molar-refractivity contribution in [2.75, 3.05) is 23.5 Å². The summed E-state index contributed by atoms with van der Waals surface area (Å²) in [7, 11) is -2.62. The predicted octanol–water partition coefficient (Wildman–Crippen LogP) is 3.08. The molecule has 0 atom stereocenters. The van der Waals surface area contributed by atoms with Gasteiger partial charge in [-0.05, 0) is 24.6 Å². The molecule has 0 aliphatic carbocycles. The third-order valence-electron chi connectivity index (χ3n) is 2.32. The predicted molar refractivity (Wildman–Crippen MR) is 70.7 cm³/mol. The standard InChI is InChI=1S/C11H13ClF3NO3S/c1-19-10-4-3-8(7-9(10)11(13,14)15)16-20(17,18)6-2-5-12/h3-4,7,16H,2,5-6H2,1H3. The Labute approximate surface area is 119 Å². The Balaban J connectivity index is 3.04. The van der Waals surface area contributed by atoms with Crippen LogP contribution in [0.25, 0.3) is 0 Å². The van der Waals surface area contributed by atoms with Gasteiger partial charge in [0.1, 0.15) is 5.75 Å². The number of sulfonamides is 1. The summed E-state index contributed by atoms with van der Waals surface area (Å²) in [6.07, 6.45) is -4.43. The third-order valence-corrected chi connectivity index (χ3v) is 3.97. The first kappa shape index (κ1) is 16.9. The summed E-state index contributed by atoms with van der Waals surface area (Å²) in [6.45, 7) is 0. The Bertz CT molecular complexity index is 561. The number of benzene rings is 1. The molecule has 0 heterocycles. The van der Waals surface area contributed by atoms with Crippen LogP contribution in [0.4, 0.5) is 18.9 Å². The van der Waals surface area contributed by atoms with Crippen LogP contribution in [-0.2, 0) is 16.2 Å². The van der Waals surface area contributed by atoms with Gasteiger partial charge < -0.3 is 4.74 Å². The van der Waals surface area contributed by atoms with Crippen molar-refractivity contribution in [2.24, 2.45) is 0 Å². The molecule has 0 radical (unpaired) electrons. The van der Waals surface area contributed by atoms with Crippen molar-refractivity contribution in [3.05, 3.63) is 23.8 Å². The van der Waals surface area contributed by atoms with Crippen LogP contribution in [0.1, 0.15) is 12.0 Å². The molecule has 4 nitrogen and oxygen atoms in total. The molecule has 0 aromatic heterocycles. The van der Waals surface area contributed by atoms with E-state index < -0.39 is 21.8 Å². The maximum Gasteiger partial charge on any atom is 0.420 e. The maximum atomic E-state index is 12.8. The van der Waals surface area contributed by atoms with E-state index >= 15 is 0 Å². The summed E-state index contributed by atoms with van der Waals surface area (Å²) >= 11 is 5.38. The number of halogens is 4. The summed E-state index contributed by atoms with van der Waals surface area (Å²) in [5.74, 6) is -0.484. The van der Waals surface area contributed by atoms with Crippen molar-refractivity contribution in [3.8, 4) is 5.75 Å². The van der Waals surface area contributed by atoms with E-state index in [2.05, 4.69) is 9.46 Å².